The van der Waals surface area contributed by atoms with Gasteiger partial charge in [-0.2, -0.15) is 0 Å². The molecule has 18 heavy (non-hydrogen) atoms. The van der Waals surface area contributed by atoms with Gasteiger partial charge in [-0.25, -0.2) is 0 Å². The van der Waals surface area contributed by atoms with Gasteiger partial charge in [-0.1, -0.05) is 19.8 Å². The molecule has 1 saturated heterocycles. The summed E-state index contributed by atoms with van der Waals surface area (Å²) in [4.78, 5) is 2.51. The number of hydrogen-bond acceptors (Lipinski definition) is 3. The highest BCUT2D eigenvalue weighted by Gasteiger charge is 2.24. The van der Waals surface area contributed by atoms with E-state index in [-0.39, 0.29) is 6.04 Å². The zero-order valence-electron chi connectivity index (χ0n) is 11.5. The Hall–Kier alpha value is -0.800. The molecule has 2 atom stereocenters. The molecular weight excluding hydrogens is 224 g/mol. The number of likely N-dealkylation sites (tertiary alicyclic amines) is 1. The summed E-state index contributed by atoms with van der Waals surface area (Å²) < 4.78 is 5.53. The first-order chi connectivity index (χ1) is 8.85. The van der Waals surface area contributed by atoms with Crippen LogP contribution in [0.5, 0.6) is 0 Å². The van der Waals surface area contributed by atoms with Crippen molar-refractivity contribution in [1.82, 2.24) is 4.90 Å². The molecular formula is C15H26N2O. The molecule has 3 nitrogen and oxygen atoms in total. The molecule has 2 heterocycles. The molecule has 0 saturated carbocycles. The SMILES string of the molecule is CCCC1CCCN(C(CN)c2ccco2)CC1. The van der Waals surface area contributed by atoms with Gasteiger partial charge in [-0.3, -0.25) is 4.90 Å². The summed E-state index contributed by atoms with van der Waals surface area (Å²) in [6.45, 7) is 5.25. The van der Waals surface area contributed by atoms with Crippen LogP contribution in [0.15, 0.2) is 22.8 Å². The van der Waals surface area contributed by atoms with Gasteiger partial charge in [0.15, 0.2) is 0 Å². The molecule has 1 aliphatic heterocycles. The molecule has 1 fully saturated rings. The highest BCUT2D eigenvalue weighted by Crippen LogP contribution is 2.27. The third kappa shape index (κ3) is 3.36. The average Bonchev–Trinajstić information content (AvgIpc) is 2.80. The number of rotatable bonds is 5. The van der Waals surface area contributed by atoms with Gasteiger partial charge in [-0.05, 0) is 50.4 Å². The van der Waals surface area contributed by atoms with Gasteiger partial charge >= 0.3 is 0 Å². The van der Waals surface area contributed by atoms with E-state index in [1.54, 1.807) is 6.26 Å². The van der Waals surface area contributed by atoms with Crippen LogP contribution >= 0.6 is 0 Å². The van der Waals surface area contributed by atoms with E-state index in [1.807, 2.05) is 12.1 Å². The largest absolute Gasteiger partial charge is 0.468 e. The Labute approximate surface area is 110 Å². The molecule has 0 spiro atoms. The first kappa shape index (κ1) is 13.6. The predicted octanol–water partition coefficient (Wildman–Crippen LogP) is 3.18. The van der Waals surface area contributed by atoms with Gasteiger partial charge in [0.25, 0.3) is 0 Å². The zero-order chi connectivity index (χ0) is 12.8. The van der Waals surface area contributed by atoms with Crippen molar-refractivity contribution in [2.24, 2.45) is 11.7 Å². The van der Waals surface area contributed by atoms with Crippen LogP contribution in [0.2, 0.25) is 0 Å². The Morgan fingerprint density at radius 2 is 2.33 bits per heavy atom. The summed E-state index contributed by atoms with van der Waals surface area (Å²) in [6, 6.07) is 4.27. The summed E-state index contributed by atoms with van der Waals surface area (Å²) in [7, 11) is 0. The van der Waals surface area contributed by atoms with Gasteiger partial charge in [0.2, 0.25) is 0 Å². The van der Waals surface area contributed by atoms with Crippen LogP contribution in [0.25, 0.3) is 0 Å². The van der Waals surface area contributed by atoms with Crippen LogP contribution in [0.4, 0.5) is 0 Å². The van der Waals surface area contributed by atoms with Crippen LogP contribution in [-0.2, 0) is 0 Å². The lowest BCUT2D eigenvalue weighted by atomic mass is 9.96. The maximum absolute atomic E-state index is 5.94. The standard InChI is InChI=1S/C15H26N2O/c1-2-5-13-6-3-9-17(10-8-13)14(12-16)15-7-4-11-18-15/h4,7,11,13-14H,2-3,5-6,8-10,12,16H2,1H3. The summed E-state index contributed by atoms with van der Waals surface area (Å²) in [5, 5.41) is 0. The third-order valence-corrected chi connectivity index (χ3v) is 4.11. The van der Waals surface area contributed by atoms with Gasteiger partial charge < -0.3 is 10.2 Å². The second-order valence-corrected chi connectivity index (χ2v) is 5.39. The van der Waals surface area contributed by atoms with Crippen molar-refractivity contribution in [3.8, 4) is 0 Å². The normalized spacial score (nSPS) is 23.8. The first-order valence-electron chi connectivity index (χ1n) is 7.32. The van der Waals surface area contributed by atoms with Crippen LogP contribution in [-0.4, -0.2) is 24.5 Å². The van der Waals surface area contributed by atoms with Crippen molar-refractivity contribution in [1.29, 1.82) is 0 Å². The van der Waals surface area contributed by atoms with Gasteiger partial charge in [0.05, 0.1) is 12.3 Å². The van der Waals surface area contributed by atoms with E-state index >= 15 is 0 Å². The van der Waals surface area contributed by atoms with E-state index in [1.165, 1.54) is 32.1 Å². The fourth-order valence-electron chi connectivity index (χ4n) is 3.12. The number of hydrogen-bond donors (Lipinski definition) is 1. The summed E-state index contributed by atoms with van der Waals surface area (Å²) in [6.07, 6.45) is 8.41. The molecule has 1 aromatic rings. The van der Waals surface area contributed by atoms with Crippen LogP contribution < -0.4 is 5.73 Å². The quantitative estimate of drug-likeness (QED) is 0.872. The van der Waals surface area contributed by atoms with Gasteiger partial charge in [0.1, 0.15) is 5.76 Å². The minimum atomic E-state index is 0.264. The second kappa shape index (κ2) is 6.95. The van der Waals surface area contributed by atoms with Crippen molar-refractivity contribution >= 4 is 0 Å². The molecule has 102 valence electrons. The molecule has 2 unspecified atom stereocenters. The van der Waals surface area contributed by atoms with Crippen molar-refractivity contribution < 1.29 is 4.42 Å². The number of nitrogens with zero attached hydrogens (tertiary/aromatic N) is 1. The van der Waals surface area contributed by atoms with E-state index in [0.717, 1.165) is 24.8 Å². The van der Waals surface area contributed by atoms with E-state index < -0.39 is 0 Å². The zero-order valence-corrected chi connectivity index (χ0v) is 11.5. The average molecular weight is 250 g/mol. The predicted molar refractivity (Wildman–Crippen MR) is 74.3 cm³/mol. The van der Waals surface area contributed by atoms with E-state index in [2.05, 4.69) is 11.8 Å². The topological polar surface area (TPSA) is 42.4 Å². The van der Waals surface area contributed by atoms with Crippen molar-refractivity contribution in [2.75, 3.05) is 19.6 Å². The Bertz CT molecular complexity index is 323. The van der Waals surface area contributed by atoms with E-state index in [4.69, 9.17) is 10.2 Å². The minimum Gasteiger partial charge on any atom is -0.468 e. The van der Waals surface area contributed by atoms with Crippen LogP contribution in [0, 0.1) is 5.92 Å². The monoisotopic (exact) mass is 250 g/mol. The number of nitrogens with two attached hydrogens (primary N) is 1. The van der Waals surface area contributed by atoms with Crippen LogP contribution in [0.3, 0.4) is 0 Å². The summed E-state index contributed by atoms with van der Waals surface area (Å²) in [5.41, 5.74) is 5.94. The maximum atomic E-state index is 5.94. The fraction of sp³-hybridized carbons (Fsp3) is 0.733. The van der Waals surface area contributed by atoms with Crippen LogP contribution in [0.1, 0.15) is 50.8 Å². The van der Waals surface area contributed by atoms with Crippen molar-refractivity contribution in [3.05, 3.63) is 24.2 Å². The Balaban J connectivity index is 1.95. The molecule has 0 radical (unpaired) electrons. The lowest BCUT2D eigenvalue weighted by Gasteiger charge is -2.28. The Morgan fingerprint density at radius 3 is 3.00 bits per heavy atom. The van der Waals surface area contributed by atoms with Gasteiger partial charge in [-0.15, -0.1) is 0 Å². The molecule has 2 rings (SSSR count). The molecule has 1 aliphatic rings. The molecule has 0 aromatic carbocycles. The van der Waals surface area contributed by atoms with Gasteiger partial charge in [0, 0.05) is 6.54 Å². The third-order valence-electron chi connectivity index (χ3n) is 4.11. The molecule has 0 aliphatic carbocycles. The minimum absolute atomic E-state index is 0.264. The lowest BCUT2D eigenvalue weighted by Crippen LogP contribution is -2.34. The van der Waals surface area contributed by atoms with E-state index in [0.29, 0.717) is 6.54 Å². The highest BCUT2D eigenvalue weighted by molar-refractivity contribution is 5.05. The van der Waals surface area contributed by atoms with Crippen molar-refractivity contribution in [2.45, 2.75) is 45.1 Å². The molecule has 0 bridgehead atoms. The molecule has 3 heteroatoms. The maximum Gasteiger partial charge on any atom is 0.122 e. The lowest BCUT2D eigenvalue weighted by molar-refractivity contribution is 0.183. The smallest absolute Gasteiger partial charge is 0.122 e. The Morgan fingerprint density at radius 1 is 1.44 bits per heavy atom. The Kier molecular flexibility index (Phi) is 5.26. The summed E-state index contributed by atoms with van der Waals surface area (Å²) >= 11 is 0. The first-order valence-corrected chi connectivity index (χ1v) is 7.32. The number of furan rings is 1. The summed E-state index contributed by atoms with van der Waals surface area (Å²) in [5.74, 6) is 1.93. The van der Waals surface area contributed by atoms with E-state index in [9.17, 15) is 0 Å². The fourth-order valence-corrected chi connectivity index (χ4v) is 3.12. The second-order valence-electron chi connectivity index (χ2n) is 5.39. The molecule has 0 amide bonds. The van der Waals surface area contributed by atoms with Crippen molar-refractivity contribution in [3.63, 3.8) is 0 Å². The molecule has 1 aromatic heterocycles. The highest BCUT2D eigenvalue weighted by atomic mass is 16.3. The molecule has 2 N–H and O–H groups in total.